The van der Waals surface area contributed by atoms with Crippen LogP contribution in [-0.2, 0) is 0 Å². The maximum atomic E-state index is 7.01. The van der Waals surface area contributed by atoms with Crippen LogP contribution in [0, 0.1) is 0 Å². The van der Waals surface area contributed by atoms with E-state index >= 15 is 0 Å². The van der Waals surface area contributed by atoms with Gasteiger partial charge in [0.2, 0.25) is 0 Å². The van der Waals surface area contributed by atoms with Gasteiger partial charge >= 0.3 is 0 Å². The average Bonchev–Trinajstić information content (AvgIpc) is 3.73. The molecule has 3 heteroatoms. The molecule has 1 aromatic heterocycles. The SMILES string of the molecule is c1ccc(-c2ccc(N(c3ccccc3-c3ccccc3)c3c(N(c4ccccc4)c4ccccc4-c4ccccc4)ccc4oc5c6ccccc6ccc5c34)cc2)cc1. The Hall–Kier alpha value is -8.14. The lowest BCUT2D eigenvalue weighted by molar-refractivity contribution is 0.672. The number of rotatable bonds is 9. The molecule has 0 saturated heterocycles. The molecule has 0 saturated carbocycles. The zero-order chi connectivity index (χ0) is 40.5. The van der Waals surface area contributed by atoms with Gasteiger partial charge in [0.1, 0.15) is 11.2 Å². The maximum Gasteiger partial charge on any atom is 0.143 e. The lowest BCUT2D eigenvalue weighted by Crippen LogP contribution is -2.18. The second kappa shape index (κ2) is 15.6. The molecule has 288 valence electrons. The first-order valence-corrected chi connectivity index (χ1v) is 20.8. The summed E-state index contributed by atoms with van der Waals surface area (Å²) >= 11 is 0. The Morgan fingerprint density at radius 1 is 0.295 bits per heavy atom. The highest BCUT2D eigenvalue weighted by Crippen LogP contribution is 2.54. The monoisotopic (exact) mass is 780 g/mol. The predicted molar refractivity (Wildman–Crippen MR) is 257 cm³/mol. The van der Waals surface area contributed by atoms with Crippen molar-refractivity contribution in [3.05, 3.63) is 243 Å². The molecule has 0 bridgehead atoms. The number of para-hydroxylation sites is 3. The zero-order valence-electron chi connectivity index (χ0n) is 33.4. The van der Waals surface area contributed by atoms with Crippen LogP contribution in [0.15, 0.2) is 247 Å². The first-order valence-electron chi connectivity index (χ1n) is 20.8. The molecular weight excluding hydrogens is 741 g/mol. The Balaban J connectivity index is 1.28. The van der Waals surface area contributed by atoms with E-state index in [2.05, 4.69) is 252 Å². The van der Waals surface area contributed by atoms with E-state index in [0.717, 1.165) is 94.7 Å². The fourth-order valence-corrected chi connectivity index (χ4v) is 8.84. The van der Waals surface area contributed by atoms with Crippen molar-refractivity contribution in [3.63, 3.8) is 0 Å². The molecule has 0 fully saturated rings. The third kappa shape index (κ3) is 6.50. The lowest BCUT2D eigenvalue weighted by atomic mass is 9.98. The molecule has 0 aliphatic carbocycles. The Bertz CT molecular complexity index is 3290. The Morgan fingerprint density at radius 2 is 0.787 bits per heavy atom. The molecule has 0 aliphatic rings. The number of nitrogens with zero attached hydrogens (tertiary/aromatic N) is 2. The van der Waals surface area contributed by atoms with E-state index in [1.807, 2.05) is 0 Å². The number of benzene rings is 10. The minimum atomic E-state index is 0.817. The van der Waals surface area contributed by atoms with Crippen LogP contribution < -0.4 is 9.80 Å². The van der Waals surface area contributed by atoms with Crippen LogP contribution >= 0.6 is 0 Å². The van der Waals surface area contributed by atoms with Crippen molar-refractivity contribution < 1.29 is 4.42 Å². The standard InChI is InChI=1S/C58H40N2O/c1-5-19-41(20-6-1)42-33-36-47(37-34-42)60(53-32-18-16-29-49(53)44-23-9-3-10-24-44)57-54(39-40-55-56(57)51-38-35-45-25-13-14-30-50(45)58(51)61-55)59(46-26-11-4-12-27-46)52-31-17-15-28-48(52)43-21-7-2-8-22-43/h1-40H. The van der Waals surface area contributed by atoms with Gasteiger partial charge in [-0.3, -0.25) is 0 Å². The molecule has 10 aromatic carbocycles. The van der Waals surface area contributed by atoms with Crippen molar-refractivity contribution in [2.45, 2.75) is 0 Å². The third-order valence-corrected chi connectivity index (χ3v) is 11.7. The summed E-state index contributed by atoms with van der Waals surface area (Å²) in [5, 5.41) is 4.31. The van der Waals surface area contributed by atoms with Crippen LogP contribution in [0.2, 0.25) is 0 Å². The lowest BCUT2D eigenvalue weighted by Gasteiger charge is -2.35. The normalized spacial score (nSPS) is 11.3. The van der Waals surface area contributed by atoms with E-state index in [1.54, 1.807) is 0 Å². The number of fused-ring (bicyclic) bond motifs is 5. The van der Waals surface area contributed by atoms with E-state index in [0.29, 0.717) is 0 Å². The first kappa shape index (κ1) is 36.0. The van der Waals surface area contributed by atoms with Crippen molar-refractivity contribution >= 4 is 66.8 Å². The highest BCUT2D eigenvalue weighted by atomic mass is 16.3. The van der Waals surface area contributed by atoms with Crippen molar-refractivity contribution in [1.82, 2.24) is 0 Å². The van der Waals surface area contributed by atoms with E-state index in [-0.39, 0.29) is 0 Å². The van der Waals surface area contributed by atoms with Gasteiger partial charge in [-0.2, -0.15) is 0 Å². The van der Waals surface area contributed by atoms with Gasteiger partial charge in [0.05, 0.1) is 28.1 Å². The van der Waals surface area contributed by atoms with Gasteiger partial charge in [-0.1, -0.05) is 188 Å². The van der Waals surface area contributed by atoms with Gasteiger partial charge in [-0.05, 0) is 82.2 Å². The summed E-state index contributed by atoms with van der Waals surface area (Å²) in [6.45, 7) is 0. The number of hydrogen-bond donors (Lipinski definition) is 0. The largest absolute Gasteiger partial charge is 0.455 e. The molecule has 1 heterocycles. The quantitative estimate of drug-likeness (QED) is 0.145. The highest BCUT2D eigenvalue weighted by Gasteiger charge is 2.29. The molecule has 0 unspecified atom stereocenters. The number of hydrogen-bond acceptors (Lipinski definition) is 3. The van der Waals surface area contributed by atoms with Crippen LogP contribution in [0.4, 0.5) is 34.1 Å². The Morgan fingerprint density at radius 3 is 1.43 bits per heavy atom. The van der Waals surface area contributed by atoms with E-state index in [4.69, 9.17) is 4.42 Å². The summed E-state index contributed by atoms with van der Waals surface area (Å²) < 4.78 is 7.01. The maximum absolute atomic E-state index is 7.01. The molecule has 11 aromatic rings. The van der Waals surface area contributed by atoms with Gasteiger partial charge < -0.3 is 14.2 Å². The van der Waals surface area contributed by atoms with Crippen LogP contribution in [0.25, 0.3) is 66.1 Å². The topological polar surface area (TPSA) is 19.6 Å². The van der Waals surface area contributed by atoms with Gasteiger partial charge in [-0.15, -0.1) is 0 Å². The second-order valence-electron chi connectivity index (χ2n) is 15.3. The van der Waals surface area contributed by atoms with Crippen LogP contribution in [0.1, 0.15) is 0 Å². The molecule has 0 radical (unpaired) electrons. The van der Waals surface area contributed by atoms with Crippen molar-refractivity contribution in [3.8, 4) is 33.4 Å². The fraction of sp³-hybridized carbons (Fsp3) is 0. The van der Waals surface area contributed by atoms with Crippen molar-refractivity contribution in [2.75, 3.05) is 9.80 Å². The summed E-state index contributed by atoms with van der Waals surface area (Å²) in [6, 6.07) is 86.5. The average molecular weight is 781 g/mol. The molecule has 3 nitrogen and oxygen atoms in total. The zero-order valence-corrected chi connectivity index (χ0v) is 33.4. The number of anilines is 6. The fourth-order valence-electron chi connectivity index (χ4n) is 8.84. The molecule has 0 aliphatic heterocycles. The molecule has 0 spiro atoms. The molecule has 0 amide bonds. The van der Waals surface area contributed by atoms with Crippen LogP contribution in [0.5, 0.6) is 0 Å². The van der Waals surface area contributed by atoms with Gasteiger partial charge in [-0.25, -0.2) is 0 Å². The van der Waals surface area contributed by atoms with Crippen LogP contribution in [0.3, 0.4) is 0 Å². The van der Waals surface area contributed by atoms with Crippen molar-refractivity contribution in [2.24, 2.45) is 0 Å². The van der Waals surface area contributed by atoms with Gasteiger partial charge in [0.15, 0.2) is 0 Å². The Labute approximate surface area is 355 Å². The summed E-state index contributed by atoms with van der Waals surface area (Å²) in [7, 11) is 0. The summed E-state index contributed by atoms with van der Waals surface area (Å²) in [5.74, 6) is 0. The smallest absolute Gasteiger partial charge is 0.143 e. The van der Waals surface area contributed by atoms with Crippen LogP contribution in [-0.4, -0.2) is 0 Å². The van der Waals surface area contributed by atoms with E-state index in [1.165, 1.54) is 5.56 Å². The van der Waals surface area contributed by atoms with E-state index in [9.17, 15) is 0 Å². The Kier molecular flexibility index (Phi) is 9.18. The first-order chi connectivity index (χ1) is 30.3. The third-order valence-electron chi connectivity index (χ3n) is 11.7. The highest BCUT2D eigenvalue weighted by molar-refractivity contribution is 6.22. The number of furan rings is 1. The summed E-state index contributed by atoms with van der Waals surface area (Å²) in [5.41, 5.74) is 14.7. The minimum absolute atomic E-state index is 0.817. The molecule has 0 N–H and O–H groups in total. The molecular formula is C58H40N2O. The van der Waals surface area contributed by atoms with Gasteiger partial charge in [0, 0.05) is 33.3 Å². The summed E-state index contributed by atoms with van der Waals surface area (Å²) in [6.07, 6.45) is 0. The summed E-state index contributed by atoms with van der Waals surface area (Å²) in [4.78, 5) is 4.88. The second-order valence-corrected chi connectivity index (χ2v) is 15.3. The molecule has 61 heavy (non-hydrogen) atoms. The predicted octanol–water partition coefficient (Wildman–Crippen LogP) is 16.7. The molecule has 0 atom stereocenters. The molecule has 11 rings (SSSR count). The minimum Gasteiger partial charge on any atom is -0.455 e. The van der Waals surface area contributed by atoms with Gasteiger partial charge in [0.25, 0.3) is 0 Å². The van der Waals surface area contributed by atoms with E-state index < -0.39 is 0 Å². The van der Waals surface area contributed by atoms with Crippen molar-refractivity contribution in [1.29, 1.82) is 0 Å².